The Balaban J connectivity index is 2.02. The predicted molar refractivity (Wildman–Crippen MR) is 99.6 cm³/mol. The number of amides is 1. The minimum absolute atomic E-state index is 0.0799. The number of thiazole rings is 1. The van der Waals surface area contributed by atoms with Crippen molar-refractivity contribution in [3.8, 4) is 0 Å². The van der Waals surface area contributed by atoms with E-state index in [1.807, 2.05) is 0 Å². The van der Waals surface area contributed by atoms with Crippen LogP contribution in [0.4, 0.5) is 8.78 Å². The lowest BCUT2D eigenvalue weighted by molar-refractivity contribution is -0.122. The highest BCUT2D eigenvalue weighted by Crippen LogP contribution is 2.23. The Kier molecular flexibility index (Phi) is 5.59. The molecule has 0 spiro atoms. The van der Waals surface area contributed by atoms with E-state index in [0.29, 0.717) is 24.1 Å². The number of allylic oxidation sites excluding steroid dienone is 1. The molecule has 1 aliphatic heterocycles. The van der Waals surface area contributed by atoms with Crippen LogP contribution in [0.3, 0.4) is 0 Å². The van der Waals surface area contributed by atoms with Crippen LogP contribution in [0.2, 0.25) is 0 Å². The average Bonchev–Trinajstić information content (AvgIpc) is 2.92. The summed E-state index contributed by atoms with van der Waals surface area (Å²) < 4.78 is 54.3. The van der Waals surface area contributed by atoms with Gasteiger partial charge in [0.15, 0.2) is 10.6 Å². The van der Waals surface area contributed by atoms with Gasteiger partial charge in [-0.1, -0.05) is 17.4 Å². The minimum atomic E-state index is -3.38. The summed E-state index contributed by atoms with van der Waals surface area (Å²) in [6.07, 6.45) is 3.74. The van der Waals surface area contributed by atoms with E-state index in [1.54, 1.807) is 0 Å². The number of rotatable bonds is 4. The molecule has 27 heavy (non-hydrogen) atoms. The van der Waals surface area contributed by atoms with Crippen LogP contribution in [0.5, 0.6) is 0 Å². The smallest absolute Gasteiger partial charge is 0.252 e. The van der Waals surface area contributed by atoms with Crippen molar-refractivity contribution < 1.29 is 22.0 Å². The zero-order chi connectivity index (χ0) is 19.8. The fraction of sp³-hybridized carbons (Fsp3) is 0.412. The van der Waals surface area contributed by atoms with Crippen LogP contribution in [-0.2, 0) is 21.4 Å². The van der Waals surface area contributed by atoms with Crippen molar-refractivity contribution in [2.24, 2.45) is 10.9 Å². The number of halogens is 2. The Labute approximate surface area is 159 Å². The number of piperidine rings is 1. The van der Waals surface area contributed by atoms with Gasteiger partial charge in [-0.05, 0) is 18.9 Å². The first-order valence-corrected chi connectivity index (χ1v) is 11.0. The van der Waals surface area contributed by atoms with E-state index in [9.17, 15) is 22.0 Å². The molecular weight excluding hydrogens is 396 g/mol. The van der Waals surface area contributed by atoms with E-state index in [-0.39, 0.29) is 23.4 Å². The van der Waals surface area contributed by atoms with Crippen molar-refractivity contribution in [1.29, 1.82) is 0 Å². The monoisotopic (exact) mass is 415 g/mol. The van der Waals surface area contributed by atoms with Crippen LogP contribution in [0.25, 0.3) is 10.2 Å². The van der Waals surface area contributed by atoms with Gasteiger partial charge in [0.1, 0.15) is 5.82 Å². The number of sulfonamides is 1. The van der Waals surface area contributed by atoms with Crippen molar-refractivity contribution in [2.75, 3.05) is 19.3 Å². The number of carbonyl (C=O) groups is 1. The van der Waals surface area contributed by atoms with Crippen LogP contribution in [0.15, 0.2) is 29.8 Å². The highest BCUT2D eigenvalue weighted by atomic mass is 32.2. The molecule has 10 heteroatoms. The Hall–Kier alpha value is -1.91. The topological polar surface area (TPSA) is 71.7 Å². The molecule has 2 heterocycles. The van der Waals surface area contributed by atoms with E-state index in [0.717, 1.165) is 23.7 Å². The van der Waals surface area contributed by atoms with Crippen molar-refractivity contribution >= 4 is 37.5 Å². The standard InChI is InChI=1S/C17H19F2N3O3S2/c1-3-6-22-15-13(19)8-12(18)9-14(15)26-17(22)20-16(23)11-5-4-7-21(10-11)27(2,24)25/h3,8-9,11H,1,4-7,10H2,2H3. The Morgan fingerprint density at radius 2 is 2.19 bits per heavy atom. The first-order chi connectivity index (χ1) is 12.7. The van der Waals surface area contributed by atoms with E-state index < -0.39 is 33.5 Å². The molecular formula is C17H19F2N3O3S2. The number of aromatic nitrogens is 1. The second-order valence-electron chi connectivity index (χ2n) is 6.43. The van der Waals surface area contributed by atoms with Crippen molar-refractivity contribution in [2.45, 2.75) is 19.4 Å². The molecule has 0 saturated carbocycles. The molecule has 0 aliphatic carbocycles. The van der Waals surface area contributed by atoms with Gasteiger partial charge in [0.2, 0.25) is 10.0 Å². The molecule has 1 unspecified atom stereocenters. The molecule has 6 nitrogen and oxygen atoms in total. The summed E-state index contributed by atoms with van der Waals surface area (Å²) in [5, 5.41) is 0. The lowest BCUT2D eigenvalue weighted by atomic mass is 9.99. The molecule has 1 aromatic heterocycles. The molecule has 1 atom stereocenters. The fourth-order valence-electron chi connectivity index (χ4n) is 3.14. The van der Waals surface area contributed by atoms with Gasteiger partial charge in [-0.25, -0.2) is 21.5 Å². The molecule has 1 fully saturated rings. The van der Waals surface area contributed by atoms with E-state index in [2.05, 4.69) is 11.6 Å². The molecule has 1 aromatic carbocycles. The molecule has 0 bridgehead atoms. The third-order valence-electron chi connectivity index (χ3n) is 4.42. The number of nitrogens with zero attached hydrogens (tertiary/aromatic N) is 3. The third kappa shape index (κ3) is 4.17. The molecule has 2 aromatic rings. The Morgan fingerprint density at radius 1 is 1.44 bits per heavy atom. The average molecular weight is 415 g/mol. The van der Waals surface area contributed by atoms with Gasteiger partial charge in [0.05, 0.1) is 22.4 Å². The molecule has 0 radical (unpaired) electrons. The molecule has 3 rings (SSSR count). The fourth-order valence-corrected chi connectivity index (χ4v) is 5.14. The molecule has 0 N–H and O–H groups in total. The maximum Gasteiger partial charge on any atom is 0.252 e. The van der Waals surface area contributed by atoms with E-state index in [1.165, 1.54) is 21.0 Å². The summed E-state index contributed by atoms with van der Waals surface area (Å²) in [4.78, 5) is 17.0. The summed E-state index contributed by atoms with van der Waals surface area (Å²) in [6.45, 7) is 4.29. The largest absolute Gasteiger partial charge is 0.310 e. The van der Waals surface area contributed by atoms with Gasteiger partial charge in [-0.15, -0.1) is 6.58 Å². The minimum Gasteiger partial charge on any atom is -0.310 e. The van der Waals surface area contributed by atoms with Gasteiger partial charge in [0, 0.05) is 25.7 Å². The highest BCUT2D eigenvalue weighted by molar-refractivity contribution is 7.88. The number of hydrogen-bond acceptors (Lipinski definition) is 4. The molecule has 1 amide bonds. The predicted octanol–water partition coefficient (Wildman–Crippen LogP) is 2.27. The summed E-state index contributed by atoms with van der Waals surface area (Å²) in [5.74, 6) is -2.47. The van der Waals surface area contributed by atoms with Crippen LogP contribution in [0, 0.1) is 17.6 Å². The van der Waals surface area contributed by atoms with E-state index in [4.69, 9.17) is 0 Å². The SMILES string of the molecule is C=CCn1c(=NC(=O)C2CCCN(S(C)(=O)=O)C2)sc2cc(F)cc(F)c21. The molecule has 1 aliphatic rings. The van der Waals surface area contributed by atoms with Gasteiger partial charge in [-0.3, -0.25) is 4.79 Å². The maximum atomic E-state index is 14.2. The number of benzene rings is 1. The highest BCUT2D eigenvalue weighted by Gasteiger charge is 2.30. The van der Waals surface area contributed by atoms with Crippen molar-refractivity contribution in [1.82, 2.24) is 8.87 Å². The molecule has 146 valence electrons. The van der Waals surface area contributed by atoms with Gasteiger partial charge < -0.3 is 4.57 Å². The normalized spacial score (nSPS) is 19.5. The lowest BCUT2D eigenvalue weighted by Gasteiger charge is -2.28. The van der Waals surface area contributed by atoms with Crippen molar-refractivity contribution in [3.63, 3.8) is 0 Å². The lowest BCUT2D eigenvalue weighted by Crippen LogP contribution is -2.41. The summed E-state index contributed by atoms with van der Waals surface area (Å²) in [7, 11) is -3.38. The van der Waals surface area contributed by atoms with Crippen molar-refractivity contribution in [3.05, 3.63) is 41.2 Å². The summed E-state index contributed by atoms with van der Waals surface area (Å²) >= 11 is 1.01. The summed E-state index contributed by atoms with van der Waals surface area (Å²) in [6, 6.07) is 1.98. The second-order valence-corrected chi connectivity index (χ2v) is 9.42. The van der Waals surface area contributed by atoms with Crippen LogP contribution < -0.4 is 4.80 Å². The number of carbonyl (C=O) groups excluding carboxylic acids is 1. The second kappa shape index (κ2) is 7.61. The first-order valence-electron chi connectivity index (χ1n) is 8.33. The first kappa shape index (κ1) is 19.8. The van der Waals surface area contributed by atoms with E-state index >= 15 is 0 Å². The van der Waals surface area contributed by atoms with Gasteiger partial charge in [-0.2, -0.15) is 4.99 Å². The van der Waals surface area contributed by atoms with Crippen LogP contribution >= 0.6 is 11.3 Å². The number of hydrogen-bond donors (Lipinski definition) is 0. The quantitative estimate of drug-likeness (QED) is 0.719. The zero-order valence-corrected chi connectivity index (χ0v) is 16.3. The molecule has 1 saturated heterocycles. The Morgan fingerprint density at radius 3 is 2.85 bits per heavy atom. The Bertz CT molecular complexity index is 1070. The summed E-state index contributed by atoms with van der Waals surface area (Å²) in [5.41, 5.74) is 0.161. The van der Waals surface area contributed by atoms with Crippen LogP contribution in [-0.4, -0.2) is 42.5 Å². The van der Waals surface area contributed by atoms with Gasteiger partial charge >= 0.3 is 0 Å². The maximum absolute atomic E-state index is 14.2. The van der Waals surface area contributed by atoms with Crippen LogP contribution in [0.1, 0.15) is 12.8 Å². The zero-order valence-electron chi connectivity index (χ0n) is 14.7. The number of fused-ring (bicyclic) bond motifs is 1. The van der Waals surface area contributed by atoms with Gasteiger partial charge in [0.25, 0.3) is 5.91 Å². The third-order valence-corrected chi connectivity index (χ3v) is 6.71.